The Morgan fingerprint density at radius 3 is 2.04 bits per heavy atom. The third-order valence-electron chi connectivity index (χ3n) is 3.27. The molecule has 4 nitrogen and oxygen atoms in total. The molecule has 8 heteroatoms. The molecule has 2 rings (SSSR count). The van der Waals surface area contributed by atoms with Crippen molar-refractivity contribution in [1.82, 2.24) is 4.98 Å². The van der Waals surface area contributed by atoms with Gasteiger partial charge in [-0.1, -0.05) is 6.07 Å². The molecule has 1 atom stereocenters. The van der Waals surface area contributed by atoms with Crippen LogP contribution < -0.4 is 14.8 Å². The molecule has 23 heavy (non-hydrogen) atoms. The molecule has 1 heterocycles. The lowest BCUT2D eigenvalue weighted by Crippen LogP contribution is -2.13. The van der Waals surface area contributed by atoms with Crippen molar-refractivity contribution in [2.75, 3.05) is 19.5 Å². The van der Waals surface area contributed by atoms with Gasteiger partial charge in [-0.05, 0) is 24.6 Å². The monoisotopic (exact) mass is 330 g/mol. The highest BCUT2D eigenvalue weighted by atomic mass is 19.2. The Morgan fingerprint density at radius 1 is 0.957 bits per heavy atom. The second kappa shape index (κ2) is 6.72. The van der Waals surface area contributed by atoms with Gasteiger partial charge in [0.2, 0.25) is 11.6 Å². The highest BCUT2D eigenvalue weighted by molar-refractivity contribution is 5.50. The number of anilines is 1. The Kier molecular flexibility index (Phi) is 4.92. The number of hydrogen-bond acceptors (Lipinski definition) is 4. The van der Waals surface area contributed by atoms with Gasteiger partial charge < -0.3 is 14.8 Å². The van der Waals surface area contributed by atoms with Crippen LogP contribution in [0.5, 0.6) is 11.5 Å². The average molecular weight is 330 g/mol. The first kappa shape index (κ1) is 16.9. The van der Waals surface area contributed by atoms with Crippen LogP contribution in [0.15, 0.2) is 18.2 Å². The normalized spacial score (nSPS) is 12.0. The molecular weight excluding hydrogens is 316 g/mol. The van der Waals surface area contributed by atoms with Gasteiger partial charge in [0, 0.05) is 6.04 Å². The molecule has 0 saturated carbocycles. The number of aromatic nitrogens is 1. The van der Waals surface area contributed by atoms with Crippen LogP contribution in [-0.2, 0) is 0 Å². The van der Waals surface area contributed by atoms with E-state index in [1.165, 1.54) is 14.2 Å². The highest BCUT2D eigenvalue weighted by Gasteiger charge is 2.22. The van der Waals surface area contributed by atoms with E-state index in [9.17, 15) is 17.6 Å². The molecule has 124 valence electrons. The number of halogens is 4. The van der Waals surface area contributed by atoms with E-state index in [4.69, 9.17) is 9.47 Å². The molecule has 1 N–H and O–H groups in total. The van der Waals surface area contributed by atoms with Gasteiger partial charge >= 0.3 is 0 Å². The van der Waals surface area contributed by atoms with E-state index in [1.807, 2.05) is 0 Å². The third-order valence-corrected chi connectivity index (χ3v) is 3.27. The van der Waals surface area contributed by atoms with Crippen LogP contribution in [0.4, 0.5) is 23.2 Å². The maximum Gasteiger partial charge on any atom is 0.253 e. The highest BCUT2D eigenvalue weighted by Crippen LogP contribution is 2.32. The Bertz CT molecular complexity index is 699. The largest absolute Gasteiger partial charge is 0.493 e. The lowest BCUT2D eigenvalue weighted by Gasteiger charge is -2.18. The number of methoxy groups -OCH3 is 2. The van der Waals surface area contributed by atoms with E-state index in [2.05, 4.69) is 10.3 Å². The molecule has 0 aliphatic carbocycles. The maximum atomic E-state index is 13.6. The summed E-state index contributed by atoms with van der Waals surface area (Å²) in [6.45, 7) is 1.57. The van der Waals surface area contributed by atoms with Crippen molar-refractivity contribution in [3.63, 3.8) is 0 Å². The van der Waals surface area contributed by atoms with E-state index in [0.29, 0.717) is 17.1 Å². The predicted molar refractivity (Wildman–Crippen MR) is 75.7 cm³/mol. The van der Waals surface area contributed by atoms with Gasteiger partial charge in [0.05, 0.1) is 14.2 Å². The summed E-state index contributed by atoms with van der Waals surface area (Å²) in [5.74, 6) is -5.72. The third kappa shape index (κ3) is 3.30. The minimum absolute atomic E-state index is 0.409. The van der Waals surface area contributed by atoms with Crippen molar-refractivity contribution in [3.8, 4) is 11.5 Å². The smallest absolute Gasteiger partial charge is 0.253 e. The number of ether oxygens (including phenoxy) is 2. The van der Waals surface area contributed by atoms with Crippen molar-refractivity contribution < 1.29 is 27.0 Å². The molecule has 0 aliphatic rings. The van der Waals surface area contributed by atoms with Crippen molar-refractivity contribution in [2.45, 2.75) is 13.0 Å². The van der Waals surface area contributed by atoms with Gasteiger partial charge in [-0.25, -0.2) is 0 Å². The Morgan fingerprint density at radius 2 is 1.52 bits per heavy atom. The summed E-state index contributed by atoms with van der Waals surface area (Å²) in [4.78, 5) is 2.50. The van der Waals surface area contributed by atoms with Crippen LogP contribution in [0.2, 0.25) is 0 Å². The second-order valence-electron chi connectivity index (χ2n) is 4.68. The minimum Gasteiger partial charge on any atom is -0.493 e. The molecule has 0 aliphatic heterocycles. The van der Waals surface area contributed by atoms with Crippen LogP contribution >= 0.6 is 0 Å². The molecule has 1 aromatic carbocycles. The first-order chi connectivity index (χ1) is 10.9. The molecule has 0 fully saturated rings. The quantitative estimate of drug-likeness (QED) is 0.668. The van der Waals surface area contributed by atoms with Gasteiger partial charge in [-0.2, -0.15) is 22.5 Å². The van der Waals surface area contributed by atoms with Gasteiger partial charge in [-0.3, -0.25) is 0 Å². The van der Waals surface area contributed by atoms with Crippen molar-refractivity contribution in [1.29, 1.82) is 0 Å². The van der Waals surface area contributed by atoms with Crippen LogP contribution in [0, 0.1) is 23.5 Å². The summed E-state index contributed by atoms with van der Waals surface area (Å²) in [6, 6.07) is 4.15. The zero-order chi connectivity index (χ0) is 17.1. The standard InChI is InChI=1S/C15H14F4N2O2/c1-7(8-4-5-9(22-2)10(6-8)23-3)20-13-11(16)14(18)21-15(19)12(13)17/h4-7H,1-3H3,(H,20,21). The first-order valence-electron chi connectivity index (χ1n) is 6.57. The summed E-state index contributed by atoms with van der Waals surface area (Å²) in [5.41, 5.74) is -0.351. The van der Waals surface area contributed by atoms with Crippen molar-refractivity contribution in [3.05, 3.63) is 47.3 Å². The SMILES string of the molecule is COc1ccc(C(C)Nc2c(F)c(F)nc(F)c2F)cc1OC. The van der Waals surface area contributed by atoms with Crippen molar-refractivity contribution in [2.24, 2.45) is 0 Å². The molecule has 2 aromatic rings. The molecule has 1 aromatic heterocycles. The summed E-state index contributed by atoms with van der Waals surface area (Å²) in [5, 5.41) is 2.40. The van der Waals surface area contributed by atoms with Crippen LogP contribution in [0.1, 0.15) is 18.5 Å². The number of rotatable bonds is 5. The lowest BCUT2D eigenvalue weighted by atomic mass is 10.1. The zero-order valence-corrected chi connectivity index (χ0v) is 12.6. The van der Waals surface area contributed by atoms with Gasteiger partial charge in [0.25, 0.3) is 11.9 Å². The predicted octanol–water partition coefficient (Wildman–Crippen LogP) is 3.83. The molecule has 0 amide bonds. The van der Waals surface area contributed by atoms with Crippen LogP contribution in [0.25, 0.3) is 0 Å². The number of hydrogen-bond donors (Lipinski definition) is 1. The number of benzene rings is 1. The number of nitrogens with one attached hydrogen (secondary N) is 1. The Hall–Kier alpha value is -2.51. The van der Waals surface area contributed by atoms with Crippen LogP contribution in [-0.4, -0.2) is 19.2 Å². The second-order valence-corrected chi connectivity index (χ2v) is 4.68. The average Bonchev–Trinajstić information content (AvgIpc) is 2.56. The fourth-order valence-electron chi connectivity index (χ4n) is 2.04. The fraction of sp³-hybridized carbons (Fsp3) is 0.267. The number of pyridine rings is 1. The van der Waals surface area contributed by atoms with Gasteiger partial charge in [0.15, 0.2) is 11.5 Å². The van der Waals surface area contributed by atoms with Gasteiger partial charge in [0.1, 0.15) is 5.69 Å². The molecule has 0 bridgehead atoms. The first-order valence-corrected chi connectivity index (χ1v) is 6.57. The minimum atomic E-state index is -1.72. The summed E-state index contributed by atoms with van der Waals surface area (Å²) in [6.07, 6.45) is 0. The zero-order valence-electron chi connectivity index (χ0n) is 12.6. The molecule has 0 saturated heterocycles. The summed E-state index contributed by atoms with van der Waals surface area (Å²) in [7, 11) is 2.90. The Balaban J connectivity index is 2.35. The Labute approximate surface area is 130 Å². The van der Waals surface area contributed by atoms with Gasteiger partial charge in [-0.15, -0.1) is 0 Å². The van der Waals surface area contributed by atoms with Crippen LogP contribution in [0.3, 0.4) is 0 Å². The summed E-state index contributed by atoms with van der Waals surface area (Å²) < 4.78 is 63.7. The molecular formula is C15H14F4N2O2. The van der Waals surface area contributed by atoms with E-state index in [1.54, 1.807) is 25.1 Å². The fourth-order valence-corrected chi connectivity index (χ4v) is 2.04. The topological polar surface area (TPSA) is 43.4 Å². The molecule has 0 radical (unpaired) electrons. The summed E-state index contributed by atoms with van der Waals surface area (Å²) >= 11 is 0. The van der Waals surface area contributed by atoms with E-state index >= 15 is 0 Å². The van der Waals surface area contributed by atoms with E-state index < -0.39 is 35.3 Å². The molecule has 1 unspecified atom stereocenters. The molecule has 0 spiro atoms. The van der Waals surface area contributed by atoms with E-state index in [-0.39, 0.29) is 0 Å². The maximum absolute atomic E-state index is 13.6. The van der Waals surface area contributed by atoms with Crippen molar-refractivity contribution >= 4 is 5.69 Å². The van der Waals surface area contributed by atoms with E-state index in [0.717, 1.165) is 0 Å². The number of nitrogens with zero attached hydrogens (tertiary/aromatic N) is 1. The lowest BCUT2D eigenvalue weighted by molar-refractivity contribution is 0.354.